The van der Waals surface area contributed by atoms with Crippen molar-refractivity contribution < 1.29 is 5.11 Å². The van der Waals surface area contributed by atoms with Crippen molar-refractivity contribution in [3.63, 3.8) is 0 Å². The van der Waals surface area contributed by atoms with Crippen molar-refractivity contribution in [2.75, 3.05) is 23.7 Å². The molecule has 1 fully saturated rings. The van der Waals surface area contributed by atoms with Crippen molar-refractivity contribution >= 4 is 11.4 Å². The molecule has 3 heteroatoms. The van der Waals surface area contributed by atoms with Gasteiger partial charge in [0.1, 0.15) is 0 Å². The minimum absolute atomic E-state index is 0.143. The number of aliphatic hydroxyl groups excluding tert-OH is 1. The molecule has 0 aliphatic carbocycles. The number of piperidine rings is 1. The van der Waals surface area contributed by atoms with E-state index in [2.05, 4.69) is 11.8 Å². The van der Waals surface area contributed by atoms with Gasteiger partial charge in [0.05, 0.1) is 6.10 Å². The van der Waals surface area contributed by atoms with Crippen LogP contribution in [0.15, 0.2) is 24.3 Å². The first-order valence-corrected chi connectivity index (χ1v) is 5.45. The molecule has 1 saturated heterocycles. The lowest BCUT2D eigenvalue weighted by molar-refractivity contribution is 0.0971. The van der Waals surface area contributed by atoms with Gasteiger partial charge in [0, 0.05) is 24.5 Å². The molecule has 1 aromatic carbocycles. The maximum atomic E-state index is 9.64. The van der Waals surface area contributed by atoms with Gasteiger partial charge in [0.15, 0.2) is 0 Å². The molecule has 2 rings (SSSR count). The van der Waals surface area contributed by atoms with Gasteiger partial charge in [-0.1, -0.05) is 6.92 Å². The SMILES string of the molecule is C[C@H]1CN(c2ccc(N)cc2)CC[C@H]1O. The topological polar surface area (TPSA) is 49.5 Å². The third-order valence-electron chi connectivity index (χ3n) is 3.12. The smallest absolute Gasteiger partial charge is 0.0599 e. The lowest BCUT2D eigenvalue weighted by Crippen LogP contribution is -2.41. The Morgan fingerprint density at radius 2 is 2.00 bits per heavy atom. The Hall–Kier alpha value is -1.22. The van der Waals surface area contributed by atoms with Gasteiger partial charge < -0.3 is 15.7 Å². The number of nitrogen functional groups attached to an aromatic ring is 1. The van der Waals surface area contributed by atoms with Crippen molar-refractivity contribution in [2.45, 2.75) is 19.4 Å². The van der Waals surface area contributed by atoms with Gasteiger partial charge in [-0.15, -0.1) is 0 Å². The summed E-state index contributed by atoms with van der Waals surface area (Å²) < 4.78 is 0. The van der Waals surface area contributed by atoms with Crippen molar-refractivity contribution in [1.29, 1.82) is 0 Å². The molecule has 0 unspecified atom stereocenters. The monoisotopic (exact) mass is 206 g/mol. The summed E-state index contributed by atoms with van der Waals surface area (Å²) in [6.45, 7) is 3.94. The first kappa shape index (κ1) is 10.3. The largest absolute Gasteiger partial charge is 0.399 e. The minimum atomic E-state index is -0.143. The maximum Gasteiger partial charge on any atom is 0.0599 e. The zero-order valence-corrected chi connectivity index (χ0v) is 9.06. The number of nitrogens with two attached hydrogens (primary N) is 1. The molecule has 1 aromatic rings. The molecule has 0 saturated carbocycles. The Bertz CT molecular complexity index is 323. The molecule has 3 nitrogen and oxygen atoms in total. The normalized spacial score (nSPS) is 26.7. The Morgan fingerprint density at radius 1 is 1.33 bits per heavy atom. The summed E-state index contributed by atoms with van der Waals surface area (Å²) in [5.74, 6) is 0.344. The number of aliphatic hydroxyl groups is 1. The highest BCUT2D eigenvalue weighted by Crippen LogP contribution is 2.23. The lowest BCUT2D eigenvalue weighted by atomic mass is 9.96. The highest BCUT2D eigenvalue weighted by molar-refractivity contribution is 5.53. The molecule has 1 aliphatic rings. The zero-order valence-electron chi connectivity index (χ0n) is 9.06. The molecule has 0 bridgehead atoms. The molecule has 0 spiro atoms. The van der Waals surface area contributed by atoms with Crippen molar-refractivity contribution in [3.05, 3.63) is 24.3 Å². The fourth-order valence-corrected chi connectivity index (χ4v) is 2.05. The van der Waals surface area contributed by atoms with Crippen LogP contribution in [-0.4, -0.2) is 24.3 Å². The molecular formula is C12H18N2O. The maximum absolute atomic E-state index is 9.64. The number of benzene rings is 1. The zero-order chi connectivity index (χ0) is 10.8. The number of nitrogens with zero attached hydrogens (tertiary/aromatic N) is 1. The number of hydrogen-bond acceptors (Lipinski definition) is 3. The van der Waals surface area contributed by atoms with Crippen LogP contribution in [0.4, 0.5) is 11.4 Å². The van der Waals surface area contributed by atoms with Crippen LogP contribution in [0, 0.1) is 5.92 Å². The Labute approximate surface area is 90.5 Å². The highest BCUT2D eigenvalue weighted by Gasteiger charge is 2.23. The van der Waals surface area contributed by atoms with Crippen LogP contribution in [0.5, 0.6) is 0 Å². The summed E-state index contributed by atoms with van der Waals surface area (Å²) in [5, 5.41) is 9.64. The van der Waals surface area contributed by atoms with E-state index in [1.54, 1.807) is 0 Å². The Kier molecular flexibility index (Phi) is 2.82. The van der Waals surface area contributed by atoms with E-state index in [9.17, 15) is 5.11 Å². The van der Waals surface area contributed by atoms with Crippen LogP contribution in [0.2, 0.25) is 0 Å². The quantitative estimate of drug-likeness (QED) is 0.684. The molecule has 1 aliphatic heterocycles. The Balaban J connectivity index is 2.08. The van der Waals surface area contributed by atoms with E-state index in [-0.39, 0.29) is 6.10 Å². The second kappa shape index (κ2) is 4.11. The van der Waals surface area contributed by atoms with E-state index >= 15 is 0 Å². The fraction of sp³-hybridized carbons (Fsp3) is 0.500. The van der Waals surface area contributed by atoms with Gasteiger partial charge in [0.2, 0.25) is 0 Å². The summed E-state index contributed by atoms with van der Waals surface area (Å²) in [6.07, 6.45) is 0.709. The molecule has 0 radical (unpaired) electrons. The molecular weight excluding hydrogens is 188 g/mol. The van der Waals surface area contributed by atoms with Gasteiger partial charge in [-0.2, -0.15) is 0 Å². The Morgan fingerprint density at radius 3 is 2.60 bits per heavy atom. The van der Waals surface area contributed by atoms with Crippen LogP contribution in [0.25, 0.3) is 0 Å². The first-order valence-electron chi connectivity index (χ1n) is 5.45. The van der Waals surface area contributed by atoms with E-state index in [1.165, 1.54) is 5.69 Å². The van der Waals surface area contributed by atoms with Crippen LogP contribution in [-0.2, 0) is 0 Å². The molecule has 3 N–H and O–H groups in total. The van der Waals surface area contributed by atoms with E-state index in [0.29, 0.717) is 5.92 Å². The van der Waals surface area contributed by atoms with Gasteiger partial charge in [-0.3, -0.25) is 0 Å². The van der Waals surface area contributed by atoms with E-state index in [4.69, 9.17) is 5.73 Å². The third kappa shape index (κ3) is 2.23. The second-order valence-electron chi connectivity index (χ2n) is 4.37. The van der Waals surface area contributed by atoms with E-state index in [1.807, 2.05) is 24.3 Å². The summed E-state index contributed by atoms with van der Waals surface area (Å²) >= 11 is 0. The highest BCUT2D eigenvalue weighted by atomic mass is 16.3. The second-order valence-corrected chi connectivity index (χ2v) is 4.37. The van der Waals surface area contributed by atoms with Crippen molar-refractivity contribution in [1.82, 2.24) is 0 Å². The number of hydrogen-bond donors (Lipinski definition) is 2. The molecule has 15 heavy (non-hydrogen) atoms. The predicted molar refractivity (Wildman–Crippen MR) is 62.9 cm³/mol. The summed E-state index contributed by atoms with van der Waals surface area (Å²) in [4.78, 5) is 2.30. The van der Waals surface area contributed by atoms with Gasteiger partial charge in [-0.05, 0) is 36.6 Å². The van der Waals surface area contributed by atoms with Crippen LogP contribution < -0.4 is 10.6 Å². The summed E-state index contributed by atoms with van der Waals surface area (Å²) in [5.41, 5.74) is 7.64. The van der Waals surface area contributed by atoms with Gasteiger partial charge in [0.25, 0.3) is 0 Å². The molecule has 0 aromatic heterocycles. The molecule has 2 atom stereocenters. The first-order chi connectivity index (χ1) is 7.16. The molecule has 1 heterocycles. The summed E-state index contributed by atoms with van der Waals surface area (Å²) in [6, 6.07) is 7.93. The summed E-state index contributed by atoms with van der Waals surface area (Å²) in [7, 11) is 0. The lowest BCUT2D eigenvalue weighted by Gasteiger charge is -2.36. The molecule has 82 valence electrons. The number of rotatable bonds is 1. The van der Waals surface area contributed by atoms with Gasteiger partial charge >= 0.3 is 0 Å². The minimum Gasteiger partial charge on any atom is -0.399 e. The van der Waals surface area contributed by atoms with Crippen LogP contribution >= 0.6 is 0 Å². The van der Waals surface area contributed by atoms with Crippen LogP contribution in [0.3, 0.4) is 0 Å². The third-order valence-corrected chi connectivity index (χ3v) is 3.12. The average Bonchev–Trinajstić information content (AvgIpc) is 2.23. The predicted octanol–water partition coefficient (Wildman–Crippen LogP) is 1.48. The van der Waals surface area contributed by atoms with Crippen LogP contribution in [0.1, 0.15) is 13.3 Å². The molecule has 0 amide bonds. The van der Waals surface area contributed by atoms with Crippen molar-refractivity contribution in [3.8, 4) is 0 Å². The van der Waals surface area contributed by atoms with E-state index < -0.39 is 0 Å². The van der Waals surface area contributed by atoms with Crippen molar-refractivity contribution in [2.24, 2.45) is 5.92 Å². The average molecular weight is 206 g/mol. The van der Waals surface area contributed by atoms with Gasteiger partial charge in [-0.25, -0.2) is 0 Å². The fourth-order valence-electron chi connectivity index (χ4n) is 2.05. The van der Waals surface area contributed by atoms with E-state index in [0.717, 1.165) is 25.2 Å². The standard InChI is InChI=1S/C12H18N2O/c1-9-8-14(7-6-12(9)15)11-4-2-10(13)3-5-11/h2-5,9,12,15H,6-8,13H2,1H3/t9-,12+/m0/s1. The number of anilines is 2.